The van der Waals surface area contributed by atoms with E-state index in [9.17, 15) is 9.59 Å². The lowest BCUT2D eigenvalue weighted by atomic mass is 10.2. The van der Waals surface area contributed by atoms with Gasteiger partial charge in [0.2, 0.25) is 6.61 Å². The molecule has 2 aromatic heterocycles. The SMILES string of the molecule is CCOC(=O)CO/N=C(/C(=O)Nc1ccc(CO)cn1)c1ccn[nH]1. The Morgan fingerprint density at radius 2 is 2.20 bits per heavy atom. The van der Waals surface area contributed by atoms with Crippen molar-refractivity contribution in [2.75, 3.05) is 18.5 Å². The van der Waals surface area contributed by atoms with Crippen LogP contribution in [0.5, 0.6) is 0 Å². The molecule has 0 saturated heterocycles. The summed E-state index contributed by atoms with van der Waals surface area (Å²) in [6, 6.07) is 4.68. The number of anilines is 1. The van der Waals surface area contributed by atoms with Crippen molar-refractivity contribution in [2.24, 2.45) is 5.16 Å². The van der Waals surface area contributed by atoms with Crippen molar-refractivity contribution in [3.05, 3.63) is 41.9 Å². The van der Waals surface area contributed by atoms with Crippen molar-refractivity contribution >= 4 is 23.4 Å². The average Bonchev–Trinajstić information content (AvgIpc) is 3.13. The van der Waals surface area contributed by atoms with E-state index >= 15 is 0 Å². The van der Waals surface area contributed by atoms with Crippen molar-refractivity contribution in [1.82, 2.24) is 15.2 Å². The fourth-order valence-corrected chi connectivity index (χ4v) is 1.72. The number of ether oxygens (including phenoxy) is 1. The number of aromatic nitrogens is 3. The first kappa shape index (κ1) is 18.1. The van der Waals surface area contributed by atoms with Gasteiger partial charge in [-0.05, 0) is 24.6 Å². The van der Waals surface area contributed by atoms with Gasteiger partial charge in [0.15, 0.2) is 5.71 Å². The first-order valence-corrected chi connectivity index (χ1v) is 7.36. The number of esters is 1. The Hall–Kier alpha value is -3.27. The third-order valence-electron chi connectivity index (χ3n) is 2.86. The Balaban J connectivity index is 2.08. The lowest BCUT2D eigenvalue weighted by molar-refractivity contribution is -0.148. The Bertz CT molecular complexity index is 727. The van der Waals surface area contributed by atoms with Crippen LogP contribution in [0, 0.1) is 0 Å². The molecule has 0 atom stereocenters. The van der Waals surface area contributed by atoms with Crippen LogP contribution >= 0.6 is 0 Å². The molecule has 0 aliphatic heterocycles. The first-order valence-electron chi connectivity index (χ1n) is 7.36. The summed E-state index contributed by atoms with van der Waals surface area (Å²) in [5, 5.41) is 21.6. The summed E-state index contributed by atoms with van der Waals surface area (Å²) < 4.78 is 4.71. The van der Waals surface area contributed by atoms with Crippen LogP contribution in [0.2, 0.25) is 0 Å². The summed E-state index contributed by atoms with van der Waals surface area (Å²) in [6.07, 6.45) is 2.87. The highest BCUT2D eigenvalue weighted by molar-refractivity contribution is 6.48. The maximum Gasteiger partial charge on any atom is 0.347 e. The summed E-state index contributed by atoms with van der Waals surface area (Å²) in [4.78, 5) is 32.5. The smallest absolute Gasteiger partial charge is 0.347 e. The minimum atomic E-state index is -0.614. The number of hydrogen-bond donors (Lipinski definition) is 3. The van der Waals surface area contributed by atoms with Crippen LogP contribution < -0.4 is 5.32 Å². The second kappa shape index (κ2) is 9.13. The van der Waals surface area contributed by atoms with Crippen LogP contribution in [0.25, 0.3) is 0 Å². The van der Waals surface area contributed by atoms with Gasteiger partial charge in [-0.25, -0.2) is 9.78 Å². The monoisotopic (exact) mass is 347 g/mol. The number of H-pyrrole nitrogens is 1. The second-order valence-corrected chi connectivity index (χ2v) is 4.65. The Morgan fingerprint density at radius 3 is 2.80 bits per heavy atom. The molecule has 0 spiro atoms. The number of rotatable bonds is 8. The zero-order valence-electron chi connectivity index (χ0n) is 13.4. The van der Waals surface area contributed by atoms with E-state index in [4.69, 9.17) is 14.7 Å². The van der Waals surface area contributed by atoms with Crippen LogP contribution in [0.4, 0.5) is 5.82 Å². The molecule has 0 radical (unpaired) electrons. The molecule has 0 fully saturated rings. The van der Waals surface area contributed by atoms with E-state index in [0.717, 1.165) is 0 Å². The van der Waals surface area contributed by atoms with Gasteiger partial charge in [-0.3, -0.25) is 9.89 Å². The molecule has 1 amide bonds. The number of pyridine rings is 1. The number of oxime groups is 1. The summed E-state index contributed by atoms with van der Waals surface area (Å²) in [5.41, 5.74) is 0.793. The minimum Gasteiger partial charge on any atom is -0.463 e. The molecule has 0 saturated carbocycles. The van der Waals surface area contributed by atoms with Crippen molar-refractivity contribution in [1.29, 1.82) is 0 Å². The van der Waals surface area contributed by atoms with Crippen LogP contribution in [-0.2, 0) is 25.8 Å². The first-order chi connectivity index (χ1) is 12.1. The molecule has 0 aliphatic carbocycles. The van der Waals surface area contributed by atoms with Crippen LogP contribution in [0.3, 0.4) is 0 Å². The molecule has 2 heterocycles. The Kier molecular flexibility index (Phi) is 6.60. The fourth-order valence-electron chi connectivity index (χ4n) is 1.72. The summed E-state index contributed by atoms with van der Waals surface area (Å²) in [7, 11) is 0. The zero-order valence-corrected chi connectivity index (χ0v) is 13.4. The molecule has 132 valence electrons. The van der Waals surface area contributed by atoms with Gasteiger partial charge in [-0.1, -0.05) is 11.2 Å². The van der Waals surface area contributed by atoms with Gasteiger partial charge in [0.25, 0.3) is 5.91 Å². The second-order valence-electron chi connectivity index (χ2n) is 4.65. The predicted molar refractivity (Wildman–Crippen MR) is 86.5 cm³/mol. The van der Waals surface area contributed by atoms with E-state index in [1.807, 2.05) is 0 Å². The maximum absolute atomic E-state index is 12.4. The van der Waals surface area contributed by atoms with Gasteiger partial charge in [0, 0.05) is 12.4 Å². The molecule has 0 bridgehead atoms. The summed E-state index contributed by atoms with van der Waals surface area (Å²) >= 11 is 0. The van der Waals surface area contributed by atoms with Crippen LogP contribution in [-0.4, -0.2) is 51.1 Å². The van der Waals surface area contributed by atoms with Crippen molar-refractivity contribution in [3.63, 3.8) is 0 Å². The topological polar surface area (TPSA) is 139 Å². The summed E-state index contributed by atoms with van der Waals surface area (Å²) in [6.45, 7) is 1.31. The van der Waals surface area contributed by atoms with Crippen molar-refractivity contribution in [2.45, 2.75) is 13.5 Å². The third-order valence-corrected chi connectivity index (χ3v) is 2.86. The van der Waals surface area contributed by atoms with Gasteiger partial charge in [-0.15, -0.1) is 0 Å². The number of aromatic amines is 1. The summed E-state index contributed by atoms with van der Waals surface area (Å²) in [5.74, 6) is -0.950. The van der Waals surface area contributed by atoms with Crippen LogP contribution in [0.15, 0.2) is 35.7 Å². The van der Waals surface area contributed by atoms with Crippen LogP contribution in [0.1, 0.15) is 18.2 Å². The molecule has 2 aromatic rings. The van der Waals surface area contributed by atoms with Crippen molar-refractivity contribution in [3.8, 4) is 0 Å². The van der Waals surface area contributed by atoms with E-state index in [2.05, 4.69) is 25.7 Å². The highest BCUT2D eigenvalue weighted by Crippen LogP contribution is 2.07. The van der Waals surface area contributed by atoms with Gasteiger partial charge < -0.3 is 20.0 Å². The molecule has 0 aromatic carbocycles. The molecular formula is C15H17N5O5. The van der Waals surface area contributed by atoms with Gasteiger partial charge in [0.05, 0.1) is 18.9 Å². The Labute approximate surface area is 142 Å². The standard InChI is InChI=1S/C15H17N5O5/c1-2-24-13(22)9-25-20-14(11-5-6-17-19-11)15(23)18-12-4-3-10(8-21)7-16-12/h3-7,21H,2,8-9H2,1H3,(H,17,19)(H,16,18,23)/b20-14+. The molecule has 10 heteroatoms. The molecule has 2 rings (SSSR count). The molecule has 3 N–H and O–H groups in total. The van der Waals surface area contributed by atoms with Crippen molar-refractivity contribution < 1.29 is 24.3 Å². The van der Waals surface area contributed by atoms with E-state index in [0.29, 0.717) is 11.3 Å². The highest BCUT2D eigenvalue weighted by atomic mass is 16.7. The van der Waals surface area contributed by atoms with Gasteiger partial charge >= 0.3 is 5.97 Å². The normalized spacial score (nSPS) is 11.0. The quantitative estimate of drug-likeness (QED) is 0.352. The lowest BCUT2D eigenvalue weighted by Crippen LogP contribution is -2.25. The molecule has 10 nitrogen and oxygen atoms in total. The number of hydrogen-bond acceptors (Lipinski definition) is 8. The number of amides is 1. The average molecular weight is 347 g/mol. The number of carbonyl (C=O) groups is 2. The molecular weight excluding hydrogens is 330 g/mol. The molecule has 0 aliphatic rings. The van der Waals surface area contributed by atoms with E-state index in [1.54, 1.807) is 13.0 Å². The lowest BCUT2D eigenvalue weighted by Gasteiger charge is -2.07. The number of nitrogens with zero attached hydrogens (tertiary/aromatic N) is 3. The van der Waals surface area contributed by atoms with E-state index in [-0.39, 0.29) is 24.7 Å². The number of nitrogens with one attached hydrogen (secondary N) is 2. The van der Waals surface area contributed by atoms with Gasteiger partial charge in [-0.2, -0.15) is 5.10 Å². The number of carbonyl (C=O) groups excluding carboxylic acids is 2. The minimum absolute atomic E-state index is 0.116. The van der Waals surface area contributed by atoms with Gasteiger partial charge in [0.1, 0.15) is 5.82 Å². The fraction of sp³-hybridized carbons (Fsp3) is 0.267. The zero-order chi connectivity index (χ0) is 18.1. The third kappa shape index (κ3) is 5.39. The largest absolute Gasteiger partial charge is 0.463 e. The highest BCUT2D eigenvalue weighted by Gasteiger charge is 2.18. The predicted octanol–water partition coefficient (Wildman–Crippen LogP) is 0.219. The molecule has 0 unspecified atom stereocenters. The number of aliphatic hydroxyl groups is 1. The number of aliphatic hydroxyl groups excluding tert-OH is 1. The Morgan fingerprint density at radius 1 is 1.36 bits per heavy atom. The maximum atomic E-state index is 12.4. The van der Waals surface area contributed by atoms with E-state index < -0.39 is 18.5 Å². The van der Waals surface area contributed by atoms with E-state index in [1.165, 1.54) is 24.5 Å². The molecule has 25 heavy (non-hydrogen) atoms.